The molecule has 1 aromatic carbocycles. The number of carbonyl (C=O) groups is 1. The highest BCUT2D eigenvalue weighted by Gasteiger charge is 2.33. The molecule has 21 heavy (non-hydrogen) atoms. The van der Waals surface area contributed by atoms with E-state index >= 15 is 0 Å². The van der Waals surface area contributed by atoms with Crippen LogP contribution < -0.4 is 5.32 Å². The highest BCUT2D eigenvalue weighted by molar-refractivity contribution is 5.84. The number of ether oxygens (including phenoxy) is 1. The van der Waals surface area contributed by atoms with Crippen molar-refractivity contribution >= 4 is 16.9 Å². The van der Waals surface area contributed by atoms with Crippen molar-refractivity contribution in [3.05, 3.63) is 36.0 Å². The SMILES string of the molecule is CC(C)(C)OC(=O)[C@@H]1CCC(c2c[nH]c3ccccc23)N1. The Morgan fingerprint density at radius 1 is 1.24 bits per heavy atom. The first kappa shape index (κ1) is 14.1. The Hall–Kier alpha value is -1.81. The molecular weight excluding hydrogens is 264 g/mol. The van der Waals surface area contributed by atoms with Gasteiger partial charge in [0.05, 0.1) is 0 Å². The number of aromatic nitrogens is 1. The maximum atomic E-state index is 12.1. The van der Waals surface area contributed by atoms with Crippen LogP contribution in [0.5, 0.6) is 0 Å². The van der Waals surface area contributed by atoms with Crippen molar-refractivity contribution in [3.63, 3.8) is 0 Å². The molecule has 2 atom stereocenters. The largest absolute Gasteiger partial charge is 0.459 e. The molecule has 1 aliphatic rings. The summed E-state index contributed by atoms with van der Waals surface area (Å²) in [6, 6.07) is 8.25. The van der Waals surface area contributed by atoms with Crippen LogP contribution in [-0.2, 0) is 9.53 Å². The van der Waals surface area contributed by atoms with Gasteiger partial charge in [0.25, 0.3) is 0 Å². The van der Waals surface area contributed by atoms with E-state index in [1.165, 1.54) is 10.9 Å². The van der Waals surface area contributed by atoms with Crippen LogP contribution in [0.2, 0.25) is 0 Å². The van der Waals surface area contributed by atoms with Crippen LogP contribution in [0.1, 0.15) is 45.2 Å². The summed E-state index contributed by atoms with van der Waals surface area (Å²) in [5, 5.41) is 4.64. The van der Waals surface area contributed by atoms with E-state index in [4.69, 9.17) is 4.74 Å². The topological polar surface area (TPSA) is 54.1 Å². The number of esters is 1. The van der Waals surface area contributed by atoms with E-state index in [-0.39, 0.29) is 18.1 Å². The first-order chi connectivity index (χ1) is 9.94. The Bertz CT molecular complexity index is 654. The van der Waals surface area contributed by atoms with Gasteiger partial charge >= 0.3 is 5.97 Å². The van der Waals surface area contributed by atoms with E-state index in [0.717, 1.165) is 18.4 Å². The van der Waals surface area contributed by atoms with Crippen LogP contribution in [0.25, 0.3) is 10.9 Å². The highest BCUT2D eigenvalue weighted by atomic mass is 16.6. The summed E-state index contributed by atoms with van der Waals surface area (Å²) in [5.74, 6) is -0.148. The number of carbonyl (C=O) groups excluding carboxylic acids is 1. The van der Waals surface area contributed by atoms with Crippen LogP contribution in [0.15, 0.2) is 30.5 Å². The van der Waals surface area contributed by atoms with Crippen molar-refractivity contribution in [1.29, 1.82) is 0 Å². The summed E-state index contributed by atoms with van der Waals surface area (Å²) >= 11 is 0. The summed E-state index contributed by atoms with van der Waals surface area (Å²) in [4.78, 5) is 15.4. The zero-order valence-corrected chi connectivity index (χ0v) is 12.8. The van der Waals surface area contributed by atoms with E-state index in [9.17, 15) is 4.79 Å². The van der Waals surface area contributed by atoms with Crippen LogP contribution in [-0.4, -0.2) is 22.6 Å². The average molecular weight is 286 g/mol. The molecule has 2 heterocycles. The molecule has 1 fully saturated rings. The third-order valence-corrected chi connectivity index (χ3v) is 3.83. The number of benzene rings is 1. The number of rotatable bonds is 2. The predicted octanol–water partition coefficient (Wildman–Crippen LogP) is 3.30. The second-order valence-corrected chi connectivity index (χ2v) is 6.67. The first-order valence-corrected chi connectivity index (χ1v) is 7.49. The van der Waals surface area contributed by atoms with E-state index in [2.05, 4.69) is 22.4 Å². The van der Waals surface area contributed by atoms with Crippen LogP contribution in [0.4, 0.5) is 0 Å². The van der Waals surface area contributed by atoms with Crippen LogP contribution in [0, 0.1) is 0 Å². The lowest BCUT2D eigenvalue weighted by Gasteiger charge is -2.22. The third kappa shape index (κ3) is 2.95. The lowest BCUT2D eigenvalue weighted by Crippen LogP contribution is -2.38. The average Bonchev–Trinajstić information content (AvgIpc) is 3.03. The van der Waals surface area contributed by atoms with Gasteiger partial charge in [-0.1, -0.05) is 18.2 Å². The number of H-pyrrole nitrogens is 1. The maximum absolute atomic E-state index is 12.1. The molecule has 0 aliphatic carbocycles. The van der Waals surface area contributed by atoms with Crippen molar-refractivity contribution in [2.75, 3.05) is 0 Å². The molecule has 2 aromatic rings. The molecule has 0 spiro atoms. The van der Waals surface area contributed by atoms with Gasteiger partial charge < -0.3 is 9.72 Å². The number of aromatic amines is 1. The van der Waals surface area contributed by atoms with E-state index in [1.54, 1.807) is 0 Å². The van der Waals surface area contributed by atoms with Crippen molar-refractivity contribution in [2.45, 2.75) is 51.3 Å². The van der Waals surface area contributed by atoms with Gasteiger partial charge in [-0.25, -0.2) is 0 Å². The second kappa shape index (κ2) is 5.19. The van der Waals surface area contributed by atoms with Crippen LogP contribution in [0.3, 0.4) is 0 Å². The number of hydrogen-bond donors (Lipinski definition) is 2. The molecule has 1 aliphatic heterocycles. The maximum Gasteiger partial charge on any atom is 0.323 e. The van der Waals surface area contributed by atoms with Gasteiger partial charge in [-0.15, -0.1) is 0 Å². The lowest BCUT2D eigenvalue weighted by molar-refractivity contribution is -0.157. The van der Waals surface area contributed by atoms with Gasteiger partial charge in [0, 0.05) is 23.1 Å². The molecule has 4 heteroatoms. The normalized spacial score (nSPS) is 22.6. The predicted molar refractivity (Wildman–Crippen MR) is 83.0 cm³/mol. The zero-order valence-electron chi connectivity index (χ0n) is 12.8. The zero-order chi connectivity index (χ0) is 15.0. The Morgan fingerprint density at radius 2 is 2.00 bits per heavy atom. The minimum Gasteiger partial charge on any atom is -0.459 e. The molecule has 1 unspecified atom stereocenters. The summed E-state index contributed by atoms with van der Waals surface area (Å²) in [7, 11) is 0. The quantitative estimate of drug-likeness (QED) is 0.833. The Kier molecular flexibility index (Phi) is 3.49. The lowest BCUT2D eigenvalue weighted by atomic mass is 10.0. The highest BCUT2D eigenvalue weighted by Crippen LogP contribution is 2.32. The number of fused-ring (bicyclic) bond motifs is 1. The van der Waals surface area contributed by atoms with Gasteiger partial charge in [0.1, 0.15) is 11.6 Å². The first-order valence-electron chi connectivity index (χ1n) is 7.49. The fourth-order valence-corrected chi connectivity index (χ4v) is 2.93. The Balaban J connectivity index is 1.74. The molecule has 1 aromatic heterocycles. The smallest absolute Gasteiger partial charge is 0.323 e. The monoisotopic (exact) mass is 286 g/mol. The summed E-state index contributed by atoms with van der Waals surface area (Å²) in [6.45, 7) is 5.70. The van der Waals surface area contributed by atoms with Gasteiger partial charge in [0.2, 0.25) is 0 Å². The summed E-state index contributed by atoms with van der Waals surface area (Å²) in [5.41, 5.74) is 1.93. The molecule has 2 N–H and O–H groups in total. The number of para-hydroxylation sites is 1. The van der Waals surface area contributed by atoms with Gasteiger partial charge in [0.15, 0.2) is 0 Å². The fourth-order valence-electron chi connectivity index (χ4n) is 2.93. The van der Waals surface area contributed by atoms with Crippen molar-refractivity contribution in [2.24, 2.45) is 0 Å². The standard InChI is InChI=1S/C17H22N2O2/c1-17(2,3)21-16(20)15-9-8-14(19-15)12-10-18-13-7-5-4-6-11(12)13/h4-7,10,14-15,18-19H,8-9H2,1-3H3/t14?,15-/m0/s1. The molecule has 4 nitrogen and oxygen atoms in total. The summed E-state index contributed by atoms with van der Waals surface area (Å²) < 4.78 is 5.47. The molecule has 3 rings (SSSR count). The molecule has 1 saturated heterocycles. The van der Waals surface area contributed by atoms with Crippen LogP contribution >= 0.6 is 0 Å². The molecule has 0 radical (unpaired) electrons. The Labute approximate surface area is 124 Å². The van der Waals surface area contributed by atoms with Crippen molar-refractivity contribution in [3.8, 4) is 0 Å². The number of nitrogens with one attached hydrogen (secondary N) is 2. The Morgan fingerprint density at radius 3 is 2.76 bits per heavy atom. The molecule has 0 saturated carbocycles. The van der Waals surface area contributed by atoms with E-state index < -0.39 is 5.60 Å². The molecular formula is C17H22N2O2. The van der Waals surface area contributed by atoms with E-state index in [1.807, 2.05) is 39.1 Å². The van der Waals surface area contributed by atoms with E-state index in [0.29, 0.717) is 0 Å². The number of hydrogen-bond acceptors (Lipinski definition) is 3. The van der Waals surface area contributed by atoms with Crippen molar-refractivity contribution < 1.29 is 9.53 Å². The van der Waals surface area contributed by atoms with Gasteiger partial charge in [-0.05, 0) is 45.2 Å². The summed E-state index contributed by atoms with van der Waals surface area (Å²) in [6.07, 6.45) is 3.81. The minimum absolute atomic E-state index is 0.148. The van der Waals surface area contributed by atoms with Crippen molar-refractivity contribution in [1.82, 2.24) is 10.3 Å². The third-order valence-electron chi connectivity index (χ3n) is 3.83. The molecule has 112 valence electrons. The fraction of sp³-hybridized carbons (Fsp3) is 0.471. The minimum atomic E-state index is -0.433. The van der Waals surface area contributed by atoms with Gasteiger partial charge in [-0.2, -0.15) is 0 Å². The molecule has 0 amide bonds. The molecule has 0 bridgehead atoms. The van der Waals surface area contributed by atoms with Gasteiger partial charge in [-0.3, -0.25) is 10.1 Å². The second-order valence-electron chi connectivity index (χ2n) is 6.67.